The van der Waals surface area contributed by atoms with Gasteiger partial charge in [-0.3, -0.25) is 4.90 Å². The van der Waals surface area contributed by atoms with Crippen molar-refractivity contribution in [3.63, 3.8) is 0 Å². The number of carbonyl (C=O) groups excluding carboxylic acids is 1. The fourth-order valence-corrected chi connectivity index (χ4v) is 5.51. The lowest BCUT2D eigenvalue weighted by Crippen LogP contribution is -2.51. The van der Waals surface area contributed by atoms with Crippen molar-refractivity contribution in [3.8, 4) is 0 Å². The summed E-state index contributed by atoms with van der Waals surface area (Å²) in [5.74, 6) is 0. The van der Waals surface area contributed by atoms with Crippen LogP contribution in [0.25, 0.3) is 0 Å². The number of sulfonamides is 2. The molecule has 2 aliphatic rings. The zero-order valence-electron chi connectivity index (χ0n) is 18.7. The molecule has 10 nitrogen and oxygen atoms in total. The Morgan fingerprint density at radius 2 is 1.50 bits per heavy atom. The van der Waals surface area contributed by atoms with Gasteiger partial charge in [0.05, 0.1) is 9.79 Å². The quantitative estimate of drug-likeness (QED) is 0.558. The third kappa shape index (κ3) is 7.14. The number of ether oxygens (including phenoxy) is 1. The molecule has 0 spiro atoms. The lowest BCUT2D eigenvalue weighted by molar-refractivity contribution is 0.0147. The molecule has 1 aromatic carbocycles. The van der Waals surface area contributed by atoms with E-state index in [1.54, 1.807) is 4.90 Å². The van der Waals surface area contributed by atoms with Gasteiger partial charge in [0.25, 0.3) is 0 Å². The van der Waals surface area contributed by atoms with Gasteiger partial charge < -0.3 is 9.64 Å². The highest BCUT2D eigenvalue weighted by Gasteiger charge is 2.28. The number of hydrogen-bond acceptors (Lipinski definition) is 7. The summed E-state index contributed by atoms with van der Waals surface area (Å²) in [6.45, 7) is 8.47. The average molecular weight is 489 g/mol. The third-order valence-corrected chi connectivity index (χ3v) is 8.10. The molecule has 1 amide bonds. The van der Waals surface area contributed by atoms with Crippen molar-refractivity contribution in [2.45, 2.75) is 55.0 Å². The van der Waals surface area contributed by atoms with E-state index in [9.17, 15) is 21.6 Å². The maximum atomic E-state index is 12.5. The van der Waals surface area contributed by atoms with E-state index in [4.69, 9.17) is 4.74 Å². The van der Waals surface area contributed by atoms with E-state index in [2.05, 4.69) is 14.3 Å². The van der Waals surface area contributed by atoms with Crippen LogP contribution >= 0.6 is 0 Å². The van der Waals surface area contributed by atoms with Crippen LogP contribution in [0.15, 0.2) is 34.1 Å². The molecule has 1 aliphatic carbocycles. The van der Waals surface area contributed by atoms with Crippen molar-refractivity contribution in [2.24, 2.45) is 0 Å². The molecule has 32 heavy (non-hydrogen) atoms. The van der Waals surface area contributed by atoms with Gasteiger partial charge in [-0.05, 0) is 57.9 Å². The number of piperazine rings is 1. The van der Waals surface area contributed by atoms with Gasteiger partial charge in [-0.15, -0.1) is 0 Å². The molecule has 1 saturated carbocycles. The maximum absolute atomic E-state index is 12.5. The summed E-state index contributed by atoms with van der Waals surface area (Å²) in [4.78, 5) is 15.9. The van der Waals surface area contributed by atoms with Crippen LogP contribution in [0.1, 0.15) is 33.6 Å². The standard InChI is InChI=1S/C20H32N4O6S2/c1-20(2,3)30-19(25)24-14-12-23(13-15-24)11-10-21-31(26,27)17-6-8-18(9-7-17)32(28,29)22-16-4-5-16/h6-9,16,21-22H,4-5,10-15H2,1-3H3. The van der Waals surface area contributed by atoms with E-state index in [1.165, 1.54) is 24.3 Å². The molecule has 2 N–H and O–H groups in total. The van der Waals surface area contributed by atoms with Crippen LogP contribution < -0.4 is 9.44 Å². The van der Waals surface area contributed by atoms with E-state index in [0.29, 0.717) is 32.7 Å². The Kier molecular flexibility index (Phi) is 7.50. The maximum Gasteiger partial charge on any atom is 0.410 e. The number of hydrogen-bond donors (Lipinski definition) is 2. The van der Waals surface area contributed by atoms with E-state index < -0.39 is 25.6 Å². The largest absolute Gasteiger partial charge is 0.444 e. The number of rotatable bonds is 8. The van der Waals surface area contributed by atoms with Gasteiger partial charge in [0.1, 0.15) is 5.60 Å². The Balaban J connectivity index is 1.45. The molecule has 2 fully saturated rings. The highest BCUT2D eigenvalue weighted by molar-refractivity contribution is 7.90. The minimum absolute atomic E-state index is 0.0117. The van der Waals surface area contributed by atoms with Crippen LogP contribution in [0.5, 0.6) is 0 Å². The Morgan fingerprint density at radius 3 is 2.00 bits per heavy atom. The van der Waals surface area contributed by atoms with Gasteiger partial charge in [-0.2, -0.15) is 0 Å². The van der Waals surface area contributed by atoms with Crippen molar-refractivity contribution < 1.29 is 26.4 Å². The Hall–Kier alpha value is -1.73. The molecule has 1 aliphatic heterocycles. The lowest BCUT2D eigenvalue weighted by atomic mass is 10.2. The van der Waals surface area contributed by atoms with Gasteiger partial charge in [-0.1, -0.05) is 0 Å². The minimum atomic E-state index is -3.76. The minimum Gasteiger partial charge on any atom is -0.444 e. The van der Waals surface area contributed by atoms with Gasteiger partial charge in [-0.25, -0.2) is 31.1 Å². The first kappa shape index (κ1) is 24.9. The van der Waals surface area contributed by atoms with E-state index in [0.717, 1.165) is 12.8 Å². The van der Waals surface area contributed by atoms with Crippen LogP contribution in [-0.2, 0) is 24.8 Å². The summed E-state index contributed by atoms with van der Waals surface area (Å²) in [7, 11) is -7.38. The molecule has 0 atom stereocenters. The van der Waals surface area contributed by atoms with Gasteiger partial charge >= 0.3 is 6.09 Å². The van der Waals surface area contributed by atoms with Gasteiger partial charge in [0, 0.05) is 45.3 Å². The van der Waals surface area contributed by atoms with Crippen molar-refractivity contribution in [1.29, 1.82) is 0 Å². The van der Waals surface area contributed by atoms with Crippen LogP contribution in [0, 0.1) is 0 Å². The van der Waals surface area contributed by atoms with Crippen LogP contribution in [0.2, 0.25) is 0 Å². The zero-order chi connectivity index (χ0) is 23.6. The van der Waals surface area contributed by atoms with Crippen molar-refractivity contribution in [1.82, 2.24) is 19.2 Å². The Labute approximate surface area is 190 Å². The number of carbonyl (C=O) groups is 1. The molecule has 0 bridgehead atoms. The molecule has 3 rings (SSSR count). The number of nitrogens with one attached hydrogen (secondary N) is 2. The first-order valence-corrected chi connectivity index (χ1v) is 13.6. The topological polar surface area (TPSA) is 125 Å². The van der Waals surface area contributed by atoms with Crippen molar-refractivity contribution in [3.05, 3.63) is 24.3 Å². The zero-order valence-corrected chi connectivity index (χ0v) is 20.3. The molecule has 12 heteroatoms. The van der Waals surface area contributed by atoms with Crippen LogP contribution in [-0.4, -0.2) is 83.6 Å². The summed E-state index contributed by atoms with van der Waals surface area (Å²) in [6, 6.07) is 5.17. The van der Waals surface area contributed by atoms with E-state index >= 15 is 0 Å². The van der Waals surface area contributed by atoms with Crippen LogP contribution in [0.4, 0.5) is 4.79 Å². The van der Waals surface area contributed by atoms with Crippen molar-refractivity contribution in [2.75, 3.05) is 39.3 Å². The second kappa shape index (κ2) is 9.64. The molecule has 1 heterocycles. The summed E-state index contributed by atoms with van der Waals surface area (Å²) in [5.41, 5.74) is -0.539. The fraction of sp³-hybridized carbons (Fsp3) is 0.650. The molecular formula is C20H32N4O6S2. The normalized spacial score (nSPS) is 18.5. The molecule has 0 unspecified atom stereocenters. The predicted octanol–water partition coefficient (Wildman–Crippen LogP) is 0.958. The third-order valence-electron chi connectivity index (χ3n) is 5.09. The summed E-state index contributed by atoms with van der Waals surface area (Å²) in [5, 5.41) is 0. The van der Waals surface area contributed by atoms with Crippen molar-refractivity contribution >= 4 is 26.1 Å². The highest BCUT2D eigenvalue weighted by Crippen LogP contribution is 2.22. The predicted molar refractivity (Wildman–Crippen MR) is 119 cm³/mol. The smallest absolute Gasteiger partial charge is 0.410 e. The van der Waals surface area contributed by atoms with E-state index in [1.807, 2.05) is 20.8 Å². The summed E-state index contributed by atoms with van der Waals surface area (Å²) < 4.78 is 60.0. The SMILES string of the molecule is CC(C)(C)OC(=O)N1CCN(CCNS(=O)(=O)c2ccc(S(=O)(=O)NC3CC3)cc2)CC1. The first-order valence-electron chi connectivity index (χ1n) is 10.7. The van der Waals surface area contributed by atoms with E-state index in [-0.39, 0.29) is 28.5 Å². The van der Waals surface area contributed by atoms with Gasteiger partial charge in [0.15, 0.2) is 0 Å². The first-order chi connectivity index (χ1) is 14.9. The van der Waals surface area contributed by atoms with Gasteiger partial charge in [0.2, 0.25) is 20.0 Å². The molecule has 0 radical (unpaired) electrons. The second-order valence-corrected chi connectivity index (χ2v) is 12.6. The highest BCUT2D eigenvalue weighted by atomic mass is 32.2. The Morgan fingerprint density at radius 1 is 0.969 bits per heavy atom. The lowest BCUT2D eigenvalue weighted by Gasteiger charge is -2.35. The fourth-order valence-electron chi connectivity index (χ4n) is 3.19. The second-order valence-electron chi connectivity index (χ2n) is 9.07. The summed E-state index contributed by atoms with van der Waals surface area (Å²) >= 11 is 0. The average Bonchev–Trinajstić information content (AvgIpc) is 3.50. The molecule has 180 valence electrons. The molecule has 1 aromatic rings. The Bertz CT molecular complexity index is 1010. The van der Waals surface area contributed by atoms with Crippen LogP contribution in [0.3, 0.4) is 0 Å². The number of benzene rings is 1. The molecular weight excluding hydrogens is 456 g/mol. The number of amides is 1. The monoisotopic (exact) mass is 488 g/mol. The summed E-state index contributed by atoms with van der Waals surface area (Å²) in [6.07, 6.45) is 1.31. The molecule has 0 aromatic heterocycles. The number of nitrogens with zero attached hydrogens (tertiary/aromatic N) is 2. The molecule has 1 saturated heterocycles.